The highest BCUT2D eigenvalue weighted by Gasteiger charge is 2.29. The van der Waals surface area contributed by atoms with Gasteiger partial charge in [-0.15, -0.1) is 0 Å². The number of carbonyl (C=O) groups excluding carboxylic acids is 2. The Morgan fingerprint density at radius 1 is 0.844 bits per heavy atom. The van der Waals surface area contributed by atoms with Crippen LogP contribution < -0.4 is 16.4 Å². The highest BCUT2D eigenvalue weighted by Crippen LogP contribution is 2.32. The largest absolute Gasteiger partial charge is 0.370 e. The van der Waals surface area contributed by atoms with Gasteiger partial charge in [-0.05, 0) is 102 Å². The van der Waals surface area contributed by atoms with Gasteiger partial charge < -0.3 is 26.2 Å². The van der Waals surface area contributed by atoms with E-state index in [9.17, 15) is 9.59 Å². The molecule has 32 heavy (non-hydrogen) atoms. The van der Waals surface area contributed by atoms with Crippen molar-refractivity contribution < 1.29 is 9.59 Å². The van der Waals surface area contributed by atoms with Crippen molar-refractivity contribution >= 4 is 11.8 Å². The smallest absolute Gasteiger partial charge is 0.221 e. The van der Waals surface area contributed by atoms with Crippen LogP contribution in [0.25, 0.3) is 0 Å². The number of hydrogen-bond acceptors (Lipinski definition) is 5. The molecule has 2 fully saturated rings. The van der Waals surface area contributed by atoms with Crippen molar-refractivity contribution in [3.05, 3.63) is 0 Å². The minimum Gasteiger partial charge on any atom is -0.370 e. The molecule has 0 aliphatic carbocycles. The van der Waals surface area contributed by atoms with Gasteiger partial charge in [0.1, 0.15) is 0 Å². The van der Waals surface area contributed by atoms with E-state index in [4.69, 9.17) is 5.73 Å². The van der Waals surface area contributed by atoms with Crippen molar-refractivity contribution in [2.45, 2.75) is 71.6 Å². The lowest BCUT2D eigenvalue weighted by Gasteiger charge is -2.40. The standard InChI is InChI=1S/C25H49N5O2/c1-21(2)5-3-12-27-13-4-14-28-25(32)11-20-30-17-8-23(9-18-30)22-6-15-29(16-7-22)19-10-24(26)31/h21-23,27H,3-20H2,1-2H3,(H2,26,31)(H,28,32). The monoisotopic (exact) mass is 451 g/mol. The fourth-order valence-corrected chi connectivity index (χ4v) is 5.11. The number of hydrogen-bond donors (Lipinski definition) is 3. The Morgan fingerprint density at radius 2 is 1.38 bits per heavy atom. The summed E-state index contributed by atoms with van der Waals surface area (Å²) in [7, 11) is 0. The van der Waals surface area contributed by atoms with E-state index in [0.717, 1.165) is 83.1 Å². The fraction of sp³-hybridized carbons (Fsp3) is 0.920. The number of nitrogens with one attached hydrogen (secondary N) is 2. The Hall–Kier alpha value is -1.18. The Labute approximate surface area is 196 Å². The summed E-state index contributed by atoms with van der Waals surface area (Å²) in [6.45, 7) is 13.5. The number of rotatable bonds is 15. The molecular formula is C25H49N5O2. The van der Waals surface area contributed by atoms with Crippen LogP contribution in [0, 0.1) is 17.8 Å². The van der Waals surface area contributed by atoms with Gasteiger partial charge in [-0.2, -0.15) is 0 Å². The average molecular weight is 452 g/mol. The molecule has 2 amide bonds. The van der Waals surface area contributed by atoms with Gasteiger partial charge in [0.25, 0.3) is 0 Å². The summed E-state index contributed by atoms with van der Waals surface area (Å²) in [5.41, 5.74) is 5.27. The first kappa shape index (κ1) is 27.1. The number of carbonyl (C=O) groups is 2. The van der Waals surface area contributed by atoms with Crippen molar-refractivity contribution in [3.63, 3.8) is 0 Å². The lowest BCUT2D eigenvalue weighted by molar-refractivity contribution is -0.121. The Morgan fingerprint density at radius 3 is 1.91 bits per heavy atom. The molecular weight excluding hydrogens is 402 g/mol. The third-order valence-electron chi connectivity index (χ3n) is 7.25. The maximum atomic E-state index is 12.1. The van der Waals surface area contributed by atoms with E-state index >= 15 is 0 Å². The van der Waals surface area contributed by atoms with Crippen LogP contribution in [-0.2, 0) is 9.59 Å². The molecule has 0 radical (unpaired) electrons. The zero-order valence-electron chi connectivity index (χ0n) is 20.7. The summed E-state index contributed by atoms with van der Waals surface area (Å²) in [5.74, 6) is 2.42. The van der Waals surface area contributed by atoms with Gasteiger partial charge in [-0.25, -0.2) is 0 Å². The zero-order valence-corrected chi connectivity index (χ0v) is 20.7. The molecule has 0 bridgehead atoms. The molecule has 4 N–H and O–H groups in total. The summed E-state index contributed by atoms with van der Waals surface area (Å²) in [6.07, 6.45) is 9.62. The predicted molar refractivity (Wildman–Crippen MR) is 131 cm³/mol. The van der Waals surface area contributed by atoms with Crippen molar-refractivity contribution in [2.24, 2.45) is 23.5 Å². The van der Waals surface area contributed by atoms with Crippen LogP contribution in [0.4, 0.5) is 0 Å². The number of piperidine rings is 2. The number of amides is 2. The molecule has 0 spiro atoms. The third kappa shape index (κ3) is 11.6. The van der Waals surface area contributed by atoms with Crippen molar-refractivity contribution in [1.29, 1.82) is 0 Å². The van der Waals surface area contributed by atoms with E-state index in [2.05, 4.69) is 34.3 Å². The van der Waals surface area contributed by atoms with Crippen molar-refractivity contribution in [3.8, 4) is 0 Å². The van der Waals surface area contributed by atoms with E-state index in [-0.39, 0.29) is 11.8 Å². The molecule has 7 nitrogen and oxygen atoms in total. The van der Waals surface area contributed by atoms with Gasteiger partial charge in [-0.1, -0.05) is 13.8 Å². The summed E-state index contributed by atoms with van der Waals surface area (Å²) < 4.78 is 0. The molecule has 2 aliphatic heterocycles. The minimum absolute atomic E-state index is 0.190. The van der Waals surface area contributed by atoms with Gasteiger partial charge in [0.2, 0.25) is 11.8 Å². The van der Waals surface area contributed by atoms with E-state index in [1.54, 1.807) is 0 Å². The van der Waals surface area contributed by atoms with Crippen molar-refractivity contribution in [2.75, 3.05) is 58.9 Å². The topological polar surface area (TPSA) is 90.7 Å². The number of likely N-dealkylation sites (tertiary alicyclic amines) is 2. The van der Waals surface area contributed by atoms with E-state index in [1.165, 1.54) is 38.5 Å². The summed E-state index contributed by atoms with van der Waals surface area (Å²) >= 11 is 0. The normalized spacial score (nSPS) is 19.5. The fourth-order valence-electron chi connectivity index (χ4n) is 5.11. The lowest BCUT2D eigenvalue weighted by Crippen LogP contribution is -2.42. The highest BCUT2D eigenvalue weighted by atomic mass is 16.1. The van der Waals surface area contributed by atoms with E-state index in [1.807, 2.05) is 0 Å². The predicted octanol–water partition coefficient (Wildman–Crippen LogP) is 2.21. The molecule has 2 saturated heterocycles. The molecule has 2 heterocycles. The molecule has 0 unspecified atom stereocenters. The first-order chi connectivity index (χ1) is 15.4. The molecule has 186 valence electrons. The molecule has 0 aromatic carbocycles. The summed E-state index contributed by atoms with van der Waals surface area (Å²) in [4.78, 5) is 28.0. The Kier molecular flexibility index (Phi) is 13.2. The van der Waals surface area contributed by atoms with E-state index in [0.29, 0.717) is 12.8 Å². The molecule has 0 aromatic heterocycles. The van der Waals surface area contributed by atoms with E-state index < -0.39 is 0 Å². The lowest BCUT2D eigenvalue weighted by atomic mass is 9.79. The summed E-state index contributed by atoms with van der Waals surface area (Å²) in [5, 5.41) is 6.54. The summed E-state index contributed by atoms with van der Waals surface area (Å²) in [6, 6.07) is 0. The molecule has 0 atom stereocenters. The van der Waals surface area contributed by atoms with Crippen LogP contribution in [-0.4, -0.2) is 80.5 Å². The first-order valence-corrected chi connectivity index (χ1v) is 13.1. The van der Waals surface area contributed by atoms with Gasteiger partial charge in [0.15, 0.2) is 0 Å². The number of primary amides is 1. The van der Waals surface area contributed by atoms with Crippen LogP contribution in [0.5, 0.6) is 0 Å². The maximum absolute atomic E-state index is 12.1. The molecule has 7 heteroatoms. The second kappa shape index (κ2) is 15.6. The van der Waals surface area contributed by atoms with Crippen LogP contribution >= 0.6 is 0 Å². The number of nitrogens with zero attached hydrogens (tertiary/aromatic N) is 2. The van der Waals surface area contributed by atoms with Gasteiger partial charge in [0, 0.05) is 32.5 Å². The zero-order chi connectivity index (χ0) is 23.2. The van der Waals surface area contributed by atoms with Crippen LogP contribution in [0.2, 0.25) is 0 Å². The minimum atomic E-state index is -0.197. The van der Waals surface area contributed by atoms with Gasteiger partial charge in [-0.3, -0.25) is 9.59 Å². The molecule has 2 rings (SSSR count). The molecule has 0 saturated carbocycles. The second-order valence-electron chi connectivity index (χ2n) is 10.3. The maximum Gasteiger partial charge on any atom is 0.221 e. The van der Waals surface area contributed by atoms with Crippen LogP contribution in [0.3, 0.4) is 0 Å². The van der Waals surface area contributed by atoms with Crippen LogP contribution in [0.15, 0.2) is 0 Å². The third-order valence-corrected chi connectivity index (χ3v) is 7.25. The quantitative estimate of drug-likeness (QED) is 0.332. The first-order valence-electron chi connectivity index (χ1n) is 13.1. The average Bonchev–Trinajstić information content (AvgIpc) is 2.78. The second-order valence-corrected chi connectivity index (χ2v) is 10.3. The Bertz CT molecular complexity index is 526. The Balaban J connectivity index is 1.46. The highest BCUT2D eigenvalue weighted by molar-refractivity contribution is 5.76. The van der Waals surface area contributed by atoms with Gasteiger partial charge in [0.05, 0.1) is 0 Å². The SMILES string of the molecule is CC(C)CCCNCCCNC(=O)CCN1CCC(C2CCN(CCC(N)=O)CC2)CC1. The number of nitrogens with two attached hydrogens (primary N) is 1. The van der Waals surface area contributed by atoms with Crippen LogP contribution in [0.1, 0.15) is 71.6 Å². The van der Waals surface area contributed by atoms with Gasteiger partial charge >= 0.3 is 0 Å². The molecule has 2 aliphatic rings. The molecule has 0 aromatic rings. The van der Waals surface area contributed by atoms with Crippen molar-refractivity contribution in [1.82, 2.24) is 20.4 Å².